The Balaban J connectivity index is 2.22. The smallest absolute Gasteiger partial charge is 0.340 e. The zero-order chi connectivity index (χ0) is 18.4. The number of aromatic nitrogens is 1. The number of nitrogens with one attached hydrogen (secondary N) is 1. The lowest BCUT2D eigenvalue weighted by Crippen LogP contribution is -2.37. The van der Waals surface area contributed by atoms with E-state index in [0.29, 0.717) is 11.4 Å². The van der Waals surface area contributed by atoms with E-state index in [1.807, 2.05) is 0 Å². The molecule has 0 aliphatic heterocycles. The first-order valence-electron chi connectivity index (χ1n) is 7.69. The van der Waals surface area contributed by atoms with Crippen LogP contribution in [0.4, 0.5) is 11.5 Å². The summed E-state index contributed by atoms with van der Waals surface area (Å²) in [6, 6.07) is 8.02. The van der Waals surface area contributed by atoms with Gasteiger partial charge >= 0.3 is 5.97 Å². The van der Waals surface area contributed by atoms with Gasteiger partial charge in [0.15, 0.2) is 5.82 Å². The summed E-state index contributed by atoms with van der Waals surface area (Å²) < 4.78 is 9.88. The second-order valence-corrected chi connectivity index (χ2v) is 5.21. The van der Waals surface area contributed by atoms with Crippen molar-refractivity contribution >= 4 is 29.3 Å². The molecule has 0 bridgehead atoms. The molecular weight excluding hydrogens is 326 g/mol. The fourth-order valence-electron chi connectivity index (χ4n) is 2.21. The lowest BCUT2D eigenvalue weighted by Gasteiger charge is -2.22. The number of nitrogens with zero attached hydrogens (tertiary/aromatic N) is 2. The van der Waals surface area contributed by atoms with Crippen LogP contribution >= 0.6 is 0 Å². The molecule has 1 N–H and O–H groups in total. The highest BCUT2D eigenvalue weighted by molar-refractivity contribution is 6.06. The van der Waals surface area contributed by atoms with Crippen molar-refractivity contribution in [2.75, 3.05) is 23.4 Å². The summed E-state index contributed by atoms with van der Waals surface area (Å²) in [7, 11) is 0. The van der Waals surface area contributed by atoms with Gasteiger partial charge in [0.2, 0.25) is 11.8 Å². The first-order valence-corrected chi connectivity index (χ1v) is 7.69. The van der Waals surface area contributed by atoms with Crippen LogP contribution in [0.1, 0.15) is 30.0 Å². The van der Waals surface area contributed by atoms with Crippen LogP contribution in [0.2, 0.25) is 0 Å². The summed E-state index contributed by atoms with van der Waals surface area (Å²) in [5, 5.41) is 6.20. The molecule has 1 aromatic heterocycles. The van der Waals surface area contributed by atoms with Crippen molar-refractivity contribution in [1.82, 2.24) is 5.16 Å². The molecule has 1 heterocycles. The summed E-state index contributed by atoms with van der Waals surface area (Å²) in [5.41, 5.74) is 0.518. The van der Waals surface area contributed by atoms with Crippen LogP contribution in [0.3, 0.4) is 0 Å². The largest absolute Gasteiger partial charge is 0.462 e. The molecular formula is C17H19N3O5. The number of anilines is 2. The fourth-order valence-corrected chi connectivity index (χ4v) is 2.21. The molecule has 0 radical (unpaired) electrons. The van der Waals surface area contributed by atoms with Gasteiger partial charge in [-0.2, -0.15) is 0 Å². The molecule has 8 heteroatoms. The zero-order valence-corrected chi connectivity index (χ0v) is 14.2. The molecule has 25 heavy (non-hydrogen) atoms. The summed E-state index contributed by atoms with van der Waals surface area (Å²) in [6.07, 6.45) is 0. The van der Waals surface area contributed by atoms with E-state index < -0.39 is 11.9 Å². The van der Waals surface area contributed by atoms with Gasteiger partial charge in [0.05, 0.1) is 17.9 Å². The molecule has 2 rings (SSSR count). The molecule has 0 saturated carbocycles. The van der Waals surface area contributed by atoms with E-state index >= 15 is 0 Å². The van der Waals surface area contributed by atoms with Crippen LogP contribution in [0.25, 0.3) is 0 Å². The number of hydrogen-bond donors (Lipinski definition) is 1. The number of ether oxygens (including phenoxy) is 1. The molecule has 0 aliphatic carbocycles. The third-order valence-electron chi connectivity index (χ3n) is 3.27. The van der Waals surface area contributed by atoms with E-state index in [-0.39, 0.29) is 30.4 Å². The third kappa shape index (κ3) is 4.66. The van der Waals surface area contributed by atoms with E-state index in [1.165, 1.54) is 11.8 Å². The Morgan fingerprint density at radius 2 is 2.00 bits per heavy atom. The lowest BCUT2D eigenvalue weighted by atomic mass is 10.1. The van der Waals surface area contributed by atoms with Crippen LogP contribution < -0.4 is 10.2 Å². The molecule has 8 nitrogen and oxygen atoms in total. The van der Waals surface area contributed by atoms with E-state index in [2.05, 4.69) is 10.5 Å². The Morgan fingerprint density at radius 3 is 2.60 bits per heavy atom. The Morgan fingerprint density at radius 1 is 1.28 bits per heavy atom. The Bertz CT molecular complexity index is 784. The van der Waals surface area contributed by atoms with E-state index in [0.717, 1.165) is 0 Å². The second kappa shape index (κ2) is 8.09. The Hall–Kier alpha value is -3.16. The summed E-state index contributed by atoms with van der Waals surface area (Å²) in [4.78, 5) is 37.5. The molecule has 0 fully saturated rings. The number of aryl methyl sites for hydroxylation is 1. The quantitative estimate of drug-likeness (QED) is 0.805. The van der Waals surface area contributed by atoms with Gasteiger partial charge in [-0.1, -0.05) is 17.3 Å². The van der Waals surface area contributed by atoms with E-state index in [4.69, 9.17) is 9.26 Å². The second-order valence-electron chi connectivity index (χ2n) is 5.21. The molecule has 2 aromatic rings. The summed E-state index contributed by atoms with van der Waals surface area (Å²) in [5.74, 6) is -0.613. The maximum Gasteiger partial charge on any atom is 0.340 e. The van der Waals surface area contributed by atoms with Crippen LogP contribution in [-0.2, 0) is 14.3 Å². The first kappa shape index (κ1) is 18.2. The minimum atomic E-state index is -0.558. The summed E-state index contributed by atoms with van der Waals surface area (Å²) >= 11 is 0. The van der Waals surface area contributed by atoms with Crippen molar-refractivity contribution in [2.45, 2.75) is 20.8 Å². The first-order chi connectivity index (χ1) is 11.9. The van der Waals surface area contributed by atoms with Gasteiger partial charge in [0, 0.05) is 13.0 Å². The van der Waals surface area contributed by atoms with Crippen LogP contribution in [0, 0.1) is 6.92 Å². The van der Waals surface area contributed by atoms with Crippen molar-refractivity contribution in [3.8, 4) is 0 Å². The van der Waals surface area contributed by atoms with Crippen molar-refractivity contribution in [3.05, 3.63) is 41.7 Å². The third-order valence-corrected chi connectivity index (χ3v) is 3.27. The minimum absolute atomic E-state index is 0.208. The number of amides is 2. The van der Waals surface area contributed by atoms with Gasteiger partial charge < -0.3 is 19.5 Å². The predicted molar refractivity (Wildman–Crippen MR) is 90.3 cm³/mol. The molecule has 0 unspecified atom stereocenters. The van der Waals surface area contributed by atoms with Crippen molar-refractivity contribution in [3.63, 3.8) is 0 Å². The fraction of sp³-hybridized carbons (Fsp3) is 0.294. The van der Waals surface area contributed by atoms with Gasteiger partial charge in [-0.05, 0) is 26.0 Å². The lowest BCUT2D eigenvalue weighted by molar-refractivity contribution is -0.120. The average Bonchev–Trinajstić information content (AvgIpc) is 2.97. The SMILES string of the molecule is CCOC(=O)c1ccccc1N(CC(=O)Nc1cc(C)on1)C(C)=O. The number of carbonyl (C=O) groups excluding carboxylic acids is 3. The number of carbonyl (C=O) groups is 3. The Labute approximate surface area is 144 Å². The van der Waals surface area contributed by atoms with Crippen LogP contribution in [0.5, 0.6) is 0 Å². The predicted octanol–water partition coefficient (Wildman–Crippen LogP) is 2.15. The molecule has 2 amide bonds. The maximum atomic E-state index is 12.2. The van der Waals surface area contributed by atoms with E-state index in [1.54, 1.807) is 44.2 Å². The molecule has 1 aromatic carbocycles. The van der Waals surface area contributed by atoms with Crippen molar-refractivity contribution in [2.24, 2.45) is 0 Å². The number of rotatable bonds is 6. The topological polar surface area (TPSA) is 102 Å². The zero-order valence-electron chi connectivity index (χ0n) is 14.2. The van der Waals surface area contributed by atoms with Crippen LogP contribution in [0.15, 0.2) is 34.9 Å². The highest BCUT2D eigenvalue weighted by atomic mass is 16.5. The number of esters is 1. The number of para-hydroxylation sites is 1. The van der Waals surface area contributed by atoms with Gasteiger partial charge in [-0.25, -0.2) is 4.79 Å². The highest BCUT2D eigenvalue weighted by Gasteiger charge is 2.22. The normalized spacial score (nSPS) is 10.2. The van der Waals surface area contributed by atoms with Crippen molar-refractivity contribution in [1.29, 1.82) is 0 Å². The average molecular weight is 345 g/mol. The molecule has 0 atom stereocenters. The van der Waals surface area contributed by atoms with Gasteiger partial charge in [0.25, 0.3) is 0 Å². The number of hydrogen-bond acceptors (Lipinski definition) is 6. The van der Waals surface area contributed by atoms with Crippen molar-refractivity contribution < 1.29 is 23.6 Å². The molecule has 0 saturated heterocycles. The van der Waals surface area contributed by atoms with Crippen LogP contribution in [-0.4, -0.2) is 36.1 Å². The van der Waals surface area contributed by atoms with Gasteiger partial charge in [-0.3, -0.25) is 9.59 Å². The monoisotopic (exact) mass is 345 g/mol. The van der Waals surface area contributed by atoms with E-state index in [9.17, 15) is 14.4 Å². The standard InChI is InChI=1S/C17H19N3O5/c1-4-24-17(23)13-7-5-6-8-14(13)20(12(3)21)10-16(22)18-15-9-11(2)25-19-15/h5-9H,4,10H2,1-3H3,(H,18,19,22). The Kier molecular flexibility index (Phi) is 5.89. The van der Waals surface area contributed by atoms with Gasteiger partial charge in [-0.15, -0.1) is 0 Å². The maximum absolute atomic E-state index is 12.2. The summed E-state index contributed by atoms with van der Waals surface area (Å²) in [6.45, 7) is 4.63. The number of benzene rings is 1. The molecule has 0 aliphatic rings. The molecule has 132 valence electrons. The van der Waals surface area contributed by atoms with Gasteiger partial charge in [0.1, 0.15) is 12.3 Å². The highest BCUT2D eigenvalue weighted by Crippen LogP contribution is 2.22. The molecule has 0 spiro atoms. The minimum Gasteiger partial charge on any atom is -0.462 e.